The molecule has 3 rings (SSSR count). The second-order valence-corrected chi connectivity index (χ2v) is 7.52. The summed E-state index contributed by atoms with van der Waals surface area (Å²) in [7, 11) is 0. The molecule has 9 nitrogen and oxygen atoms in total. The van der Waals surface area contributed by atoms with E-state index in [4.69, 9.17) is 32.4 Å². The summed E-state index contributed by atoms with van der Waals surface area (Å²) in [5, 5.41) is 8.77. The first-order valence-electron chi connectivity index (χ1n) is 8.26. The van der Waals surface area contributed by atoms with Crippen LogP contribution in [0.3, 0.4) is 0 Å². The van der Waals surface area contributed by atoms with Gasteiger partial charge in [0.25, 0.3) is 11.8 Å². The van der Waals surface area contributed by atoms with Crippen LogP contribution in [-0.4, -0.2) is 32.7 Å². The molecule has 0 aromatic carbocycles. The number of rotatable bonds is 7. The van der Waals surface area contributed by atoms with Crippen molar-refractivity contribution in [1.82, 2.24) is 14.8 Å². The Morgan fingerprint density at radius 3 is 2.90 bits per heavy atom. The van der Waals surface area contributed by atoms with E-state index >= 15 is 0 Å². The van der Waals surface area contributed by atoms with E-state index in [2.05, 4.69) is 15.4 Å². The third-order valence-electron chi connectivity index (χ3n) is 3.59. The molecule has 0 aliphatic heterocycles. The number of hydrogen-bond acceptors (Lipinski definition) is 8. The SMILES string of the molecule is CC(OC(=O)CCn1nc(-c2cccs2)oc1=O)C(=O)Nc1ncc(Cl)cc1Cl. The van der Waals surface area contributed by atoms with Gasteiger partial charge in [-0.05, 0) is 24.4 Å². The van der Waals surface area contributed by atoms with Crippen LogP contribution in [-0.2, 0) is 20.9 Å². The predicted octanol–water partition coefficient (Wildman–Crippen LogP) is 3.23. The van der Waals surface area contributed by atoms with E-state index in [0.29, 0.717) is 9.90 Å². The largest absolute Gasteiger partial charge is 0.452 e. The van der Waals surface area contributed by atoms with Crippen LogP contribution in [0.5, 0.6) is 0 Å². The highest BCUT2D eigenvalue weighted by Gasteiger charge is 2.20. The van der Waals surface area contributed by atoms with Crippen LogP contribution >= 0.6 is 34.5 Å². The van der Waals surface area contributed by atoms with Crippen molar-refractivity contribution in [3.8, 4) is 10.8 Å². The molecular formula is C17H14Cl2N4O5S. The van der Waals surface area contributed by atoms with Gasteiger partial charge in [-0.25, -0.2) is 9.78 Å². The summed E-state index contributed by atoms with van der Waals surface area (Å²) in [5.74, 6) is -1.71. The van der Waals surface area contributed by atoms with E-state index in [-0.39, 0.29) is 29.7 Å². The smallest absolute Gasteiger partial charge is 0.437 e. The molecule has 0 aliphatic rings. The molecule has 0 radical (unpaired) electrons. The highest BCUT2D eigenvalue weighted by molar-refractivity contribution is 7.13. The number of carbonyl (C=O) groups excluding carboxylic acids is 2. The molecular weight excluding hydrogens is 443 g/mol. The molecule has 3 aromatic heterocycles. The number of halogens is 2. The number of carbonyl (C=O) groups is 2. The molecule has 1 N–H and O–H groups in total. The van der Waals surface area contributed by atoms with Gasteiger partial charge in [-0.15, -0.1) is 16.4 Å². The zero-order valence-electron chi connectivity index (χ0n) is 14.9. The monoisotopic (exact) mass is 456 g/mol. The number of hydrogen-bond donors (Lipinski definition) is 1. The van der Waals surface area contributed by atoms with Crippen LogP contribution in [0.1, 0.15) is 13.3 Å². The van der Waals surface area contributed by atoms with Crippen molar-refractivity contribution in [2.24, 2.45) is 0 Å². The highest BCUT2D eigenvalue weighted by Crippen LogP contribution is 2.23. The van der Waals surface area contributed by atoms with Crippen molar-refractivity contribution >= 4 is 52.2 Å². The Bertz CT molecular complexity index is 1080. The molecule has 3 heterocycles. The average molecular weight is 457 g/mol. The van der Waals surface area contributed by atoms with Crippen molar-refractivity contribution in [2.75, 3.05) is 5.32 Å². The van der Waals surface area contributed by atoms with E-state index in [0.717, 1.165) is 4.68 Å². The van der Waals surface area contributed by atoms with Gasteiger partial charge in [-0.3, -0.25) is 9.59 Å². The Kier molecular flexibility index (Phi) is 6.68. The van der Waals surface area contributed by atoms with Crippen molar-refractivity contribution in [3.63, 3.8) is 0 Å². The molecule has 0 spiro atoms. The van der Waals surface area contributed by atoms with Gasteiger partial charge in [-0.1, -0.05) is 29.3 Å². The summed E-state index contributed by atoms with van der Waals surface area (Å²) < 4.78 is 11.2. The number of aryl methyl sites for hydroxylation is 1. The van der Waals surface area contributed by atoms with Crippen LogP contribution in [0.15, 0.2) is 39.0 Å². The normalized spacial score (nSPS) is 11.8. The maximum Gasteiger partial charge on any atom is 0.437 e. The van der Waals surface area contributed by atoms with Gasteiger partial charge in [0.2, 0.25) is 0 Å². The van der Waals surface area contributed by atoms with Gasteiger partial charge in [0.05, 0.1) is 27.9 Å². The minimum absolute atomic E-state index is 0.0501. The number of nitrogens with one attached hydrogen (secondary N) is 1. The van der Waals surface area contributed by atoms with Gasteiger partial charge in [0.1, 0.15) is 0 Å². The van der Waals surface area contributed by atoms with Gasteiger partial charge < -0.3 is 14.5 Å². The second-order valence-electron chi connectivity index (χ2n) is 5.73. The summed E-state index contributed by atoms with van der Waals surface area (Å²) in [6, 6.07) is 4.98. The van der Waals surface area contributed by atoms with E-state index in [9.17, 15) is 14.4 Å². The van der Waals surface area contributed by atoms with Crippen LogP contribution in [0, 0.1) is 0 Å². The van der Waals surface area contributed by atoms with Crippen molar-refractivity contribution < 1.29 is 18.7 Å². The summed E-state index contributed by atoms with van der Waals surface area (Å²) in [5.41, 5.74) is 0. The predicted molar refractivity (Wildman–Crippen MR) is 107 cm³/mol. The Balaban J connectivity index is 1.52. The third-order valence-corrected chi connectivity index (χ3v) is 4.95. The number of ether oxygens (including phenoxy) is 1. The molecule has 1 amide bonds. The fourth-order valence-electron chi connectivity index (χ4n) is 2.18. The van der Waals surface area contributed by atoms with Gasteiger partial charge in [-0.2, -0.15) is 4.68 Å². The standard InChI is InChI=1S/C17H14Cl2N4O5S/c1-9(15(25)21-14-11(19)7-10(18)8-20-14)27-13(24)4-5-23-17(26)28-16(22-23)12-3-2-6-29-12/h2-3,6-9H,4-5H2,1H3,(H,20,21,25). The lowest BCUT2D eigenvalue weighted by Crippen LogP contribution is -2.31. The number of esters is 1. The first kappa shape index (κ1) is 21.0. The molecule has 3 aromatic rings. The van der Waals surface area contributed by atoms with Crippen molar-refractivity contribution in [1.29, 1.82) is 0 Å². The Hall–Kier alpha value is -2.69. The third kappa shape index (κ3) is 5.43. The summed E-state index contributed by atoms with van der Waals surface area (Å²) in [4.78, 5) is 40.6. The van der Waals surface area contributed by atoms with Gasteiger partial charge >= 0.3 is 11.7 Å². The molecule has 1 unspecified atom stereocenters. The van der Waals surface area contributed by atoms with E-state index in [1.54, 1.807) is 12.1 Å². The van der Waals surface area contributed by atoms with Crippen LogP contribution in [0.25, 0.3) is 10.8 Å². The lowest BCUT2D eigenvalue weighted by atomic mass is 10.3. The number of thiophene rings is 1. The molecule has 1 atom stereocenters. The molecule has 0 bridgehead atoms. The maximum atomic E-state index is 12.1. The second kappa shape index (κ2) is 9.21. The van der Waals surface area contributed by atoms with E-state index < -0.39 is 23.7 Å². The van der Waals surface area contributed by atoms with E-state index in [1.807, 2.05) is 5.38 Å². The van der Waals surface area contributed by atoms with Gasteiger partial charge in [0, 0.05) is 6.20 Å². The number of amides is 1. The lowest BCUT2D eigenvalue weighted by Gasteiger charge is -2.13. The maximum absolute atomic E-state index is 12.1. The van der Waals surface area contributed by atoms with Crippen LogP contribution in [0.4, 0.5) is 5.82 Å². The average Bonchev–Trinajstić information content (AvgIpc) is 3.32. The van der Waals surface area contributed by atoms with Crippen molar-refractivity contribution in [2.45, 2.75) is 26.0 Å². The number of anilines is 1. The summed E-state index contributed by atoms with van der Waals surface area (Å²) in [6.45, 7) is 1.35. The Labute approximate surface area is 178 Å². The Morgan fingerprint density at radius 1 is 1.41 bits per heavy atom. The van der Waals surface area contributed by atoms with Crippen LogP contribution < -0.4 is 11.1 Å². The molecule has 12 heteroatoms. The van der Waals surface area contributed by atoms with Crippen LogP contribution in [0.2, 0.25) is 10.0 Å². The molecule has 0 saturated heterocycles. The summed E-state index contributed by atoms with van der Waals surface area (Å²) >= 11 is 13.1. The highest BCUT2D eigenvalue weighted by atomic mass is 35.5. The lowest BCUT2D eigenvalue weighted by molar-refractivity contribution is -0.153. The topological polar surface area (TPSA) is 116 Å². The van der Waals surface area contributed by atoms with Gasteiger partial charge in [0.15, 0.2) is 11.9 Å². The van der Waals surface area contributed by atoms with E-state index in [1.165, 1.54) is 30.5 Å². The number of aromatic nitrogens is 3. The molecule has 29 heavy (non-hydrogen) atoms. The zero-order chi connectivity index (χ0) is 21.0. The number of pyridine rings is 1. The molecule has 0 saturated carbocycles. The number of nitrogens with zero attached hydrogens (tertiary/aromatic N) is 3. The molecule has 0 aliphatic carbocycles. The molecule has 0 fully saturated rings. The first-order chi connectivity index (χ1) is 13.8. The van der Waals surface area contributed by atoms with Crippen molar-refractivity contribution in [3.05, 3.63) is 50.4 Å². The quantitative estimate of drug-likeness (QED) is 0.542. The fourth-order valence-corrected chi connectivity index (χ4v) is 3.25. The zero-order valence-corrected chi connectivity index (χ0v) is 17.3. The minimum atomic E-state index is -1.10. The minimum Gasteiger partial charge on any atom is -0.452 e. The Morgan fingerprint density at radius 2 is 2.21 bits per heavy atom. The fraction of sp³-hybridized carbons (Fsp3) is 0.235. The molecule has 152 valence electrons. The summed E-state index contributed by atoms with van der Waals surface area (Å²) in [6.07, 6.45) is 0.0417. The first-order valence-corrected chi connectivity index (χ1v) is 9.90.